The fraction of sp³-hybridized carbons (Fsp3) is 0.545. The third-order valence-corrected chi connectivity index (χ3v) is 17.4. The Bertz CT molecular complexity index is 3490. The Kier molecular flexibility index (Phi) is 15.6. The van der Waals surface area contributed by atoms with Gasteiger partial charge in [0.05, 0.1) is 39.5 Å². The number of hydrogen-bond donors (Lipinski definition) is 8. The van der Waals surface area contributed by atoms with Crippen LogP contribution in [-0.2, 0) is 83.0 Å². The van der Waals surface area contributed by atoms with Crippen LogP contribution in [0, 0.1) is 0 Å². The van der Waals surface area contributed by atoms with E-state index in [1.54, 1.807) is 0 Å². The van der Waals surface area contributed by atoms with E-state index >= 15 is 0 Å². The molecule has 0 aromatic carbocycles. The molecule has 7 unspecified atom stereocenters. The summed E-state index contributed by atoms with van der Waals surface area (Å²) in [5, 5.41) is 32.9. The van der Waals surface area contributed by atoms with Gasteiger partial charge in [-0.1, -0.05) is 16.8 Å². The maximum atomic E-state index is 13.9. The molecule has 11 N–H and O–H groups in total. The molecule has 38 nitrogen and oxygen atoms in total. The van der Waals surface area contributed by atoms with Crippen molar-refractivity contribution in [3.05, 3.63) is 46.0 Å². The van der Waals surface area contributed by atoms with Crippen LogP contribution >= 0.6 is 30.2 Å². The van der Waals surface area contributed by atoms with Crippen LogP contribution in [-0.4, -0.2) is 158 Å². The highest BCUT2D eigenvalue weighted by Gasteiger charge is 2.51. The number of aromatic amines is 2. The number of rotatable bonds is 20. The number of aryl methyl sites for hydroxylation is 1. The van der Waals surface area contributed by atoms with E-state index in [9.17, 15) is 58.2 Å². The topological polar surface area (TPSA) is 545 Å². The van der Waals surface area contributed by atoms with E-state index in [0.717, 1.165) is 37.8 Å². The van der Waals surface area contributed by atoms with Crippen molar-refractivity contribution < 1.29 is 104 Å². The van der Waals surface area contributed by atoms with Gasteiger partial charge in [0.1, 0.15) is 73.5 Å². The first-order chi connectivity index (χ1) is 35.7. The molecule has 0 amide bonds. The summed E-state index contributed by atoms with van der Waals surface area (Å²) in [6.45, 7) is -8.15. The number of nitrogens with one attached hydrogen (secondary N) is 2. The van der Waals surface area contributed by atoms with E-state index < -0.39 is 135 Å². The standard InChI is InChI=1S/C33H45N15O23P4S/c1-45-10-48(26-16(45)28(53)44-33(36)42-26)30-19(51)20(61-2)12(67-30)5-63-72(54,55)70-74(58,59)71-73(56,57)64-6-13-21(22(62-3)31(68-13)46-8-39-14-23(34)37-7-38-24(14)46)69-75(60,76)65-4-11-17(49)18(50)29(66-11)47-9-40-15-25(47)41-32(35)43-27(15)52/h7-13,17-22,29-31,49-51H,4-6H2,1-3H3,(H11-,34,35,36,37,38,41,42,43,44,52,53,54,55,56,57,58,59,60,76)/p-3/t11-,12-,13-,17?,18+,19?,20+,21?,22+,29-,30-,31-,75?/m1/s1. The lowest BCUT2D eigenvalue weighted by molar-refractivity contribution is -0.745. The Hall–Kier alpha value is -4.73. The maximum absolute atomic E-state index is 13.9. The quantitative estimate of drug-likeness (QED) is 0.0260. The number of ether oxygens (including phenoxy) is 5. The number of anilines is 3. The third-order valence-electron chi connectivity index (χ3n) is 11.8. The average Bonchev–Trinajstić information content (AvgIpc) is 4.20. The number of H-pyrrole nitrogens is 2. The number of nitrogens with zero attached hydrogens (tertiary/aromatic N) is 10. The highest BCUT2D eigenvalue weighted by molar-refractivity contribution is 8.06. The number of aliphatic hydroxyl groups is 3. The second-order valence-corrected chi connectivity index (χ2v) is 23.8. The predicted octanol–water partition coefficient (Wildman–Crippen LogP) is -6.47. The minimum Gasteiger partial charge on any atom is -0.780 e. The lowest BCUT2D eigenvalue weighted by atomic mass is 10.1. The largest absolute Gasteiger partial charge is 0.780 e. The van der Waals surface area contributed by atoms with Gasteiger partial charge in [-0.05, 0) is 0 Å². The van der Waals surface area contributed by atoms with Crippen molar-refractivity contribution in [3.8, 4) is 0 Å². The van der Waals surface area contributed by atoms with Gasteiger partial charge in [-0.15, -0.1) is 0 Å². The second-order valence-electron chi connectivity index (χ2n) is 16.6. The monoisotopic (exact) mass is 1170 g/mol. The van der Waals surface area contributed by atoms with Crippen LogP contribution in [0.4, 0.5) is 17.7 Å². The number of nitrogen functional groups attached to an aromatic ring is 3. The van der Waals surface area contributed by atoms with Gasteiger partial charge >= 0.3 is 5.65 Å². The number of methoxy groups -OCH3 is 2. The molecule has 0 aliphatic carbocycles. The highest BCUT2D eigenvalue weighted by atomic mass is 32.5. The molecule has 3 saturated heterocycles. The third kappa shape index (κ3) is 11.1. The minimum atomic E-state index is -6.53. The highest BCUT2D eigenvalue weighted by Crippen LogP contribution is 2.63. The molecular weight excluding hydrogens is 1130 g/mol. The van der Waals surface area contributed by atoms with E-state index in [-0.39, 0.29) is 51.2 Å². The Balaban J connectivity index is 0.866. The van der Waals surface area contributed by atoms with E-state index in [1.165, 1.54) is 27.1 Å². The molecule has 43 heteroatoms. The van der Waals surface area contributed by atoms with Crippen molar-refractivity contribution in [1.29, 1.82) is 0 Å². The molecule has 0 bridgehead atoms. The smallest absolute Gasteiger partial charge is 0.313 e. The Morgan fingerprint density at radius 3 is 1.95 bits per heavy atom. The number of nitrogens with two attached hydrogens (primary N) is 3. The van der Waals surface area contributed by atoms with E-state index in [4.69, 9.17) is 66.3 Å². The van der Waals surface area contributed by atoms with Crippen molar-refractivity contribution >= 4 is 93.2 Å². The average molecular weight is 1170 g/mol. The van der Waals surface area contributed by atoms with Crippen molar-refractivity contribution in [2.45, 2.75) is 73.6 Å². The molecule has 3 fully saturated rings. The fourth-order valence-electron chi connectivity index (χ4n) is 8.54. The number of aromatic nitrogens is 12. The van der Waals surface area contributed by atoms with Gasteiger partial charge in [-0.25, -0.2) is 33.1 Å². The molecule has 16 atom stereocenters. The van der Waals surface area contributed by atoms with Crippen molar-refractivity contribution in [3.63, 3.8) is 0 Å². The normalized spacial score (nSPS) is 30.2. The van der Waals surface area contributed by atoms with Crippen LogP contribution in [0.2, 0.25) is 0 Å². The molecule has 3 aliphatic rings. The zero-order valence-electron chi connectivity index (χ0n) is 38.8. The van der Waals surface area contributed by atoms with Crippen LogP contribution in [0.25, 0.3) is 33.5 Å². The molecule has 9 rings (SSSR count). The number of phosphoric acid groups is 3. The number of fused-ring (bicyclic) bond motifs is 3. The van der Waals surface area contributed by atoms with Gasteiger partial charge in [0, 0.05) is 14.2 Å². The van der Waals surface area contributed by atoms with Gasteiger partial charge in [-0.3, -0.25) is 47.0 Å². The molecular formula is C33H42N15O23P4S-3. The zero-order valence-corrected chi connectivity index (χ0v) is 43.2. The summed E-state index contributed by atoms with van der Waals surface area (Å²) in [5.41, 5.74) is 15.7. The van der Waals surface area contributed by atoms with Crippen LogP contribution < -0.4 is 52.5 Å². The van der Waals surface area contributed by atoms with Gasteiger partial charge in [-0.2, -0.15) is 4.98 Å². The first-order valence-electron chi connectivity index (χ1n) is 21.5. The van der Waals surface area contributed by atoms with E-state index in [1.807, 2.05) is 0 Å². The number of phosphoric ester groups is 2. The first-order valence-corrected chi connectivity index (χ1v) is 28.4. The molecule has 6 aromatic heterocycles. The summed E-state index contributed by atoms with van der Waals surface area (Å²) in [5.74, 6) is -0.669. The van der Waals surface area contributed by atoms with Crippen LogP contribution in [0.5, 0.6) is 0 Å². The van der Waals surface area contributed by atoms with Crippen molar-refractivity contribution in [2.24, 2.45) is 7.05 Å². The lowest BCUT2D eigenvalue weighted by Gasteiger charge is -2.36. The Morgan fingerprint density at radius 2 is 1.29 bits per heavy atom. The van der Waals surface area contributed by atoms with Crippen molar-refractivity contribution in [1.82, 2.24) is 53.6 Å². The number of hydrogen-bond acceptors (Lipinski definition) is 33. The molecule has 416 valence electrons. The van der Waals surface area contributed by atoms with Gasteiger partial charge in [0.15, 0.2) is 41.4 Å². The molecule has 6 aromatic rings. The molecule has 0 spiro atoms. The Labute approximate surface area is 427 Å². The van der Waals surface area contributed by atoms with Crippen LogP contribution in [0.15, 0.2) is 34.9 Å². The summed E-state index contributed by atoms with van der Waals surface area (Å²) in [7, 11) is -15.2. The molecule has 9 heterocycles. The fourth-order valence-corrected chi connectivity index (χ4v) is 13.3. The summed E-state index contributed by atoms with van der Waals surface area (Å²) in [6.07, 6.45) is -14.3. The zero-order chi connectivity index (χ0) is 55.0. The summed E-state index contributed by atoms with van der Waals surface area (Å²) in [6, 6.07) is 0. The molecule has 3 aliphatic heterocycles. The Morgan fingerprint density at radius 1 is 0.711 bits per heavy atom. The SMILES string of the molecule is CO[C@@H]1C(O)[C@H]([n+]2cn(C)c3c(=O)[nH]c(N)nc32)O[C@@H]1COP(=O)([O-])OP(=O)([O-])OP(=O)([O-])OC[C@H]1O[C@@H](n2cnc3c(N)ncnc32)[C@@H](OC)C1OP([O-])(=S)OC[C@H]1O[C@@H](n2cnc3c(=O)[nH]c(N)nc32)[C@@H](O)C1O. The van der Waals surface area contributed by atoms with E-state index in [2.05, 4.69) is 53.0 Å². The second kappa shape index (κ2) is 21.1. The summed E-state index contributed by atoms with van der Waals surface area (Å²) in [4.78, 5) is 106. The molecule has 76 heavy (non-hydrogen) atoms. The van der Waals surface area contributed by atoms with Gasteiger partial charge in [0.25, 0.3) is 40.5 Å². The molecule has 0 saturated carbocycles. The summed E-state index contributed by atoms with van der Waals surface area (Å²) >= 11 is 5.15. The lowest BCUT2D eigenvalue weighted by Crippen LogP contribution is -2.46. The van der Waals surface area contributed by atoms with Crippen molar-refractivity contribution in [2.75, 3.05) is 51.2 Å². The number of aliphatic hydroxyl groups excluding tert-OH is 3. The minimum absolute atomic E-state index is 0.00546. The van der Waals surface area contributed by atoms with E-state index in [0.29, 0.717) is 0 Å². The van der Waals surface area contributed by atoms with Gasteiger partial charge in [0.2, 0.25) is 17.7 Å². The molecule has 0 radical (unpaired) electrons. The predicted molar refractivity (Wildman–Crippen MR) is 242 cm³/mol. The van der Waals surface area contributed by atoms with Crippen LogP contribution in [0.1, 0.15) is 18.7 Å². The van der Waals surface area contributed by atoms with Gasteiger partial charge < -0.3 is 93.9 Å². The number of imidazole rings is 3. The maximum Gasteiger partial charge on any atom is 0.313 e. The van der Waals surface area contributed by atoms with Crippen LogP contribution in [0.3, 0.4) is 0 Å². The summed E-state index contributed by atoms with van der Waals surface area (Å²) < 4.78 is 101. The first kappa shape index (κ1) is 56.0.